The zero-order valence-corrected chi connectivity index (χ0v) is 24.8. The molecule has 2 atom stereocenters. The molecule has 0 bridgehead atoms. The van der Waals surface area contributed by atoms with Crippen LogP contribution in [-0.4, -0.2) is 57.7 Å². The van der Waals surface area contributed by atoms with Gasteiger partial charge in [-0.15, -0.1) is 0 Å². The van der Waals surface area contributed by atoms with Crippen molar-refractivity contribution in [2.75, 3.05) is 26.2 Å². The maximum atomic E-state index is 15.1. The fraction of sp³-hybridized carbons (Fsp3) is 0.515. The number of halogens is 1. The quantitative estimate of drug-likeness (QED) is 0.321. The van der Waals surface area contributed by atoms with Crippen LogP contribution in [0.25, 0.3) is 11.3 Å². The van der Waals surface area contributed by atoms with Gasteiger partial charge in [0.1, 0.15) is 12.0 Å². The lowest BCUT2D eigenvalue weighted by Crippen LogP contribution is -2.53. The summed E-state index contributed by atoms with van der Waals surface area (Å²) >= 11 is 0. The van der Waals surface area contributed by atoms with Crippen LogP contribution in [0.15, 0.2) is 66.9 Å². The number of amides is 2. The molecular formula is C33H46FN5O. The first kappa shape index (κ1) is 29.8. The molecular weight excluding hydrogens is 501 g/mol. The number of hydrogen-bond acceptors (Lipinski definition) is 3. The Morgan fingerprint density at radius 3 is 2.20 bits per heavy atom. The Morgan fingerprint density at radius 2 is 1.65 bits per heavy atom. The Labute approximate surface area is 239 Å². The highest BCUT2D eigenvalue weighted by atomic mass is 19.1. The van der Waals surface area contributed by atoms with Crippen LogP contribution in [0.1, 0.15) is 64.9 Å². The molecule has 1 aromatic heterocycles. The van der Waals surface area contributed by atoms with Crippen molar-refractivity contribution in [2.45, 2.75) is 66.2 Å². The van der Waals surface area contributed by atoms with Crippen LogP contribution < -0.4 is 5.73 Å². The number of piperidine rings is 1. The summed E-state index contributed by atoms with van der Waals surface area (Å²) in [4.78, 5) is 23.0. The minimum atomic E-state index is -1.33. The molecule has 6 nitrogen and oxygen atoms in total. The predicted molar refractivity (Wildman–Crippen MR) is 161 cm³/mol. The summed E-state index contributed by atoms with van der Waals surface area (Å²) in [5, 5.41) is 0. The molecule has 3 aromatic rings. The maximum absolute atomic E-state index is 15.1. The van der Waals surface area contributed by atoms with Crippen molar-refractivity contribution in [3.05, 3.63) is 78.2 Å². The van der Waals surface area contributed by atoms with E-state index in [0.717, 1.165) is 35.5 Å². The van der Waals surface area contributed by atoms with E-state index in [1.165, 1.54) is 0 Å². The Hall–Kier alpha value is -3.19. The Balaban J connectivity index is 1.78. The third-order valence-corrected chi connectivity index (χ3v) is 8.10. The maximum Gasteiger partial charge on any atom is 0.320 e. The van der Waals surface area contributed by atoms with E-state index in [1.54, 1.807) is 4.90 Å². The Morgan fingerprint density at radius 1 is 1.05 bits per heavy atom. The summed E-state index contributed by atoms with van der Waals surface area (Å²) in [6.07, 6.45) is 2.67. The molecule has 0 spiro atoms. The van der Waals surface area contributed by atoms with Gasteiger partial charge in [0.25, 0.3) is 0 Å². The molecule has 1 saturated heterocycles. The first-order valence-corrected chi connectivity index (χ1v) is 14.6. The second-order valence-corrected chi connectivity index (χ2v) is 12.6. The standard InChI is InChI=1S/C33H46FN5O/c1-24(2)26-16-18-37(19-17-26)32(40)39(22-28(34)20-35)30(33(3,4)5)31-36-29(27-14-10-7-11-15-27)23-38(31)21-25-12-8-6-9-13-25/h6-15,23-24,26,28,30H,16-22,35H2,1-5H3/t28-,30+/m1/s1. The number of urea groups is 1. The van der Waals surface area contributed by atoms with Crippen molar-refractivity contribution in [3.8, 4) is 11.3 Å². The lowest BCUT2D eigenvalue weighted by Gasteiger charge is -2.44. The lowest BCUT2D eigenvalue weighted by atomic mass is 9.84. The average Bonchev–Trinajstić information content (AvgIpc) is 3.35. The van der Waals surface area contributed by atoms with Gasteiger partial charge in [-0.3, -0.25) is 0 Å². The highest BCUT2D eigenvalue weighted by molar-refractivity contribution is 5.75. The molecule has 2 aromatic carbocycles. The fourth-order valence-corrected chi connectivity index (χ4v) is 5.82. The molecule has 40 heavy (non-hydrogen) atoms. The number of aromatic nitrogens is 2. The van der Waals surface area contributed by atoms with Gasteiger partial charge in [-0.25, -0.2) is 14.2 Å². The van der Waals surface area contributed by atoms with E-state index in [0.29, 0.717) is 31.5 Å². The molecule has 216 valence electrons. The van der Waals surface area contributed by atoms with E-state index in [9.17, 15) is 4.79 Å². The molecule has 0 radical (unpaired) electrons. The van der Waals surface area contributed by atoms with Crippen LogP contribution in [0.2, 0.25) is 0 Å². The topological polar surface area (TPSA) is 67.4 Å². The van der Waals surface area contributed by atoms with Crippen LogP contribution in [0.3, 0.4) is 0 Å². The summed E-state index contributed by atoms with van der Waals surface area (Å²) in [5.41, 5.74) is 8.31. The molecule has 2 heterocycles. The van der Waals surface area contributed by atoms with Crippen molar-refractivity contribution < 1.29 is 9.18 Å². The summed E-state index contributed by atoms with van der Waals surface area (Å²) in [6, 6.07) is 19.7. The summed E-state index contributed by atoms with van der Waals surface area (Å²) < 4.78 is 17.2. The van der Waals surface area contributed by atoms with Gasteiger partial charge in [-0.05, 0) is 35.7 Å². The lowest BCUT2D eigenvalue weighted by molar-refractivity contribution is 0.0583. The highest BCUT2D eigenvalue weighted by Crippen LogP contribution is 2.40. The van der Waals surface area contributed by atoms with Crippen LogP contribution in [0, 0.1) is 17.3 Å². The smallest absolute Gasteiger partial charge is 0.320 e. The van der Waals surface area contributed by atoms with Crippen LogP contribution >= 0.6 is 0 Å². The number of carbonyl (C=O) groups is 1. The molecule has 7 heteroatoms. The monoisotopic (exact) mass is 547 g/mol. The highest BCUT2D eigenvalue weighted by Gasteiger charge is 2.41. The number of alkyl halides is 1. The number of carbonyl (C=O) groups excluding carboxylic acids is 1. The van der Waals surface area contributed by atoms with Gasteiger partial charge in [-0.1, -0.05) is 95.3 Å². The van der Waals surface area contributed by atoms with E-state index in [4.69, 9.17) is 10.7 Å². The Bertz CT molecular complexity index is 1210. The zero-order valence-electron chi connectivity index (χ0n) is 24.8. The van der Waals surface area contributed by atoms with Gasteiger partial charge in [0, 0.05) is 37.9 Å². The number of imidazole rings is 1. The molecule has 4 rings (SSSR count). The van der Waals surface area contributed by atoms with Crippen LogP contribution in [0.5, 0.6) is 0 Å². The predicted octanol–water partition coefficient (Wildman–Crippen LogP) is 6.77. The van der Waals surface area contributed by atoms with E-state index in [-0.39, 0.29) is 19.1 Å². The largest absolute Gasteiger partial charge is 0.328 e. The van der Waals surface area contributed by atoms with Crippen molar-refractivity contribution in [1.29, 1.82) is 0 Å². The first-order chi connectivity index (χ1) is 19.1. The molecule has 1 fully saturated rings. The summed E-state index contributed by atoms with van der Waals surface area (Å²) in [5.74, 6) is 1.95. The Kier molecular flexibility index (Phi) is 9.67. The average molecular weight is 548 g/mol. The molecule has 1 aliphatic rings. The molecule has 0 unspecified atom stereocenters. The SMILES string of the molecule is CC(C)C1CCN(C(=O)N(C[C@H](F)CN)[C@@H](c2nc(-c3ccccc3)cn2Cc2ccccc2)C(C)(C)C)CC1. The molecule has 2 N–H and O–H groups in total. The minimum Gasteiger partial charge on any atom is -0.328 e. The number of hydrogen-bond donors (Lipinski definition) is 1. The molecule has 2 amide bonds. The van der Waals surface area contributed by atoms with Crippen molar-refractivity contribution >= 4 is 6.03 Å². The van der Waals surface area contributed by atoms with Gasteiger partial charge in [0.2, 0.25) is 0 Å². The zero-order chi connectivity index (χ0) is 28.9. The van der Waals surface area contributed by atoms with Crippen molar-refractivity contribution in [3.63, 3.8) is 0 Å². The van der Waals surface area contributed by atoms with E-state index in [2.05, 4.69) is 57.5 Å². The van der Waals surface area contributed by atoms with Crippen LogP contribution in [0.4, 0.5) is 9.18 Å². The van der Waals surface area contributed by atoms with Crippen molar-refractivity contribution in [2.24, 2.45) is 23.0 Å². The number of nitrogens with zero attached hydrogens (tertiary/aromatic N) is 4. The van der Waals surface area contributed by atoms with Gasteiger partial charge in [0.05, 0.1) is 18.3 Å². The second kappa shape index (κ2) is 13.0. The first-order valence-electron chi connectivity index (χ1n) is 14.6. The van der Waals surface area contributed by atoms with Gasteiger partial charge in [0.15, 0.2) is 0 Å². The van der Waals surface area contributed by atoms with E-state index < -0.39 is 17.6 Å². The third-order valence-electron chi connectivity index (χ3n) is 8.10. The minimum absolute atomic E-state index is 0.0692. The van der Waals surface area contributed by atoms with E-state index in [1.807, 2.05) is 53.4 Å². The van der Waals surface area contributed by atoms with Gasteiger partial charge < -0.3 is 20.1 Å². The number of nitrogens with two attached hydrogens (primary N) is 1. The van der Waals surface area contributed by atoms with Gasteiger partial charge in [-0.2, -0.15) is 0 Å². The summed E-state index contributed by atoms with van der Waals surface area (Å²) in [6.45, 7) is 12.5. The van der Waals surface area contributed by atoms with Crippen molar-refractivity contribution in [1.82, 2.24) is 19.4 Å². The molecule has 0 aliphatic carbocycles. The fourth-order valence-electron chi connectivity index (χ4n) is 5.82. The normalized spacial score (nSPS) is 16.2. The molecule has 0 saturated carbocycles. The number of likely N-dealkylation sites (tertiary alicyclic amines) is 1. The third kappa shape index (κ3) is 7.11. The summed E-state index contributed by atoms with van der Waals surface area (Å²) in [7, 11) is 0. The molecule has 1 aliphatic heterocycles. The van der Waals surface area contributed by atoms with E-state index >= 15 is 4.39 Å². The van der Waals surface area contributed by atoms with Gasteiger partial charge >= 0.3 is 6.03 Å². The second-order valence-electron chi connectivity index (χ2n) is 12.6. The number of benzene rings is 2. The van der Waals surface area contributed by atoms with Crippen LogP contribution in [-0.2, 0) is 6.54 Å². The number of rotatable bonds is 9.